The SMILES string of the molecule is O=C(CCc1ccc(S(=O)(=O)N2CCCC2)cc1)NCc1n[nH]c(=S)n1C1CC1. The highest BCUT2D eigenvalue weighted by Gasteiger charge is 2.28. The number of carbonyl (C=O) groups excluding carboxylic acids is 1. The van der Waals surface area contributed by atoms with Gasteiger partial charge in [-0.25, -0.2) is 8.42 Å². The topological polar surface area (TPSA) is 100 Å². The zero-order chi connectivity index (χ0) is 20.4. The van der Waals surface area contributed by atoms with Gasteiger partial charge in [0, 0.05) is 25.6 Å². The van der Waals surface area contributed by atoms with Crippen molar-refractivity contribution in [3.63, 3.8) is 0 Å². The third kappa shape index (κ3) is 4.59. The Bertz CT molecular complexity index is 1030. The summed E-state index contributed by atoms with van der Waals surface area (Å²) in [5.74, 6) is 0.678. The molecule has 4 rings (SSSR count). The second-order valence-electron chi connectivity index (χ2n) is 7.58. The van der Waals surface area contributed by atoms with E-state index in [1.807, 2.05) is 4.57 Å². The van der Waals surface area contributed by atoms with Crippen molar-refractivity contribution in [3.05, 3.63) is 40.4 Å². The lowest BCUT2D eigenvalue weighted by Gasteiger charge is -2.15. The molecule has 1 aliphatic heterocycles. The van der Waals surface area contributed by atoms with E-state index in [0.717, 1.165) is 37.1 Å². The number of carbonyl (C=O) groups is 1. The highest BCUT2D eigenvalue weighted by molar-refractivity contribution is 7.89. The molecule has 2 aliphatic rings. The molecule has 0 radical (unpaired) electrons. The minimum atomic E-state index is -3.40. The lowest BCUT2D eigenvalue weighted by molar-refractivity contribution is -0.121. The summed E-state index contributed by atoms with van der Waals surface area (Å²) in [5.41, 5.74) is 0.932. The van der Waals surface area contributed by atoms with Crippen LogP contribution < -0.4 is 5.32 Å². The fourth-order valence-corrected chi connectivity index (χ4v) is 5.42. The van der Waals surface area contributed by atoms with Crippen molar-refractivity contribution in [3.8, 4) is 0 Å². The summed E-state index contributed by atoms with van der Waals surface area (Å²) >= 11 is 5.24. The first-order valence-electron chi connectivity index (χ1n) is 9.97. The predicted octanol–water partition coefficient (Wildman–Crippen LogP) is 2.31. The summed E-state index contributed by atoms with van der Waals surface area (Å²) in [6.07, 6.45) is 4.90. The Balaban J connectivity index is 1.29. The Morgan fingerprint density at radius 3 is 2.55 bits per heavy atom. The molecular formula is C19H25N5O3S2. The number of aromatic nitrogens is 3. The number of aromatic amines is 1. The van der Waals surface area contributed by atoms with Gasteiger partial charge in [-0.3, -0.25) is 14.5 Å². The average molecular weight is 436 g/mol. The van der Waals surface area contributed by atoms with Crippen molar-refractivity contribution >= 4 is 28.1 Å². The number of sulfonamides is 1. The zero-order valence-corrected chi connectivity index (χ0v) is 17.8. The summed E-state index contributed by atoms with van der Waals surface area (Å²) in [5, 5.41) is 9.88. The standard InChI is InChI=1S/C19H25N5O3S2/c25-18(20-13-17-21-22-19(28)24(17)15-6-7-15)10-5-14-3-8-16(9-4-14)29(26,27)23-11-1-2-12-23/h3-4,8-9,15H,1-2,5-7,10-13H2,(H,20,25)(H,22,28). The van der Waals surface area contributed by atoms with Crippen LogP contribution in [-0.4, -0.2) is 46.5 Å². The molecule has 0 bridgehead atoms. The van der Waals surface area contributed by atoms with Crippen LogP contribution in [0.25, 0.3) is 0 Å². The first kappa shape index (κ1) is 20.2. The molecule has 2 heterocycles. The minimum Gasteiger partial charge on any atom is -0.349 e. The largest absolute Gasteiger partial charge is 0.349 e. The lowest BCUT2D eigenvalue weighted by Crippen LogP contribution is -2.27. The Morgan fingerprint density at radius 2 is 1.90 bits per heavy atom. The molecule has 1 aromatic heterocycles. The third-order valence-electron chi connectivity index (χ3n) is 5.40. The van der Waals surface area contributed by atoms with Crippen LogP contribution in [0.1, 0.15) is 49.5 Å². The molecule has 29 heavy (non-hydrogen) atoms. The highest BCUT2D eigenvalue weighted by Crippen LogP contribution is 2.35. The van der Waals surface area contributed by atoms with Crippen molar-refractivity contribution in [2.24, 2.45) is 0 Å². The zero-order valence-electron chi connectivity index (χ0n) is 16.1. The molecule has 0 spiro atoms. The van der Waals surface area contributed by atoms with Crippen LogP contribution in [0.4, 0.5) is 0 Å². The van der Waals surface area contributed by atoms with Gasteiger partial charge in [0.2, 0.25) is 15.9 Å². The predicted molar refractivity (Wildman–Crippen MR) is 110 cm³/mol. The molecule has 2 aromatic rings. The van der Waals surface area contributed by atoms with Crippen LogP contribution in [-0.2, 0) is 27.8 Å². The Hall–Kier alpha value is -2.04. The van der Waals surface area contributed by atoms with Crippen LogP contribution >= 0.6 is 12.2 Å². The van der Waals surface area contributed by atoms with Crippen molar-refractivity contribution in [2.45, 2.75) is 56.0 Å². The van der Waals surface area contributed by atoms with Gasteiger partial charge in [-0.15, -0.1) is 0 Å². The van der Waals surface area contributed by atoms with E-state index in [2.05, 4.69) is 15.5 Å². The molecule has 1 aliphatic carbocycles. The number of nitrogens with zero attached hydrogens (tertiary/aromatic N) is 3. The van der Waals surface area contributed by atoms with E-state index in [1.54, 1.807) is 24.3 Å². The molecule has 2 fully saturated rings. The Kier molecular flexibility index (Phi) is 5.84. The van der Waals surface area contributed by atoms with Gasteiger partial charge in [-0.05, 0) is 62.0 Å². The molecule has 0 atom stereocenters. The molecule has 1 aromatic carbocycles. The molecular weight excluding hydrogens is 410 g/mol. The van der Waals surface area contributed by atoms with E-state index in [-0.39, 0.29) is 5.91 Å². The summed E-state index contributed by atoms with van der Waals surface area (Å²) in [6.45, 7) is 1.53. The summed E-state index contributed by atoms with van der Waals surface area (Å²) in [4.78, 5) is 12.5. The van der Waals surface area contributed by atoms with Crippen molar-refractivity contribution in [1.82, 2.24) is 24.4 Å². The fraction of sp³-hybridized carbons (Fsp3) is 0.526. The smallest absolute Gasteiger partial charge is 0.243 e. The van der Waals surface area contributed by atoms with E-state index >= 15 is 0 Å². The van der Waals surface area contributed by atoms with Crippen LogP contribution in [0.5, 0.6) is 0 Å². The Labute approximate surface area is 175 Å². The van der Waals surface area contributed by atoms with Crippen molar-refractivity contribution in [2.75, 3.05) is 13.1 Å². The van der Waals surface area contributed by atoms with Gasteiger partial charge in [-0.2, -0.15) is 9.40 Å². The molecule has 10 heteroatoms. The van der Waals surface area contributed by atoms with Gasteiger partial charge in [0.1, 0.15) is 0 Å². The number of aryl methyl sites for hydroxylation is 1. The Morgan fingerprint density at radius 1 is 1.21 bits per heavy atom. The second kappa shape index (κ2) is 8.37. The van der Waals surface area contributed by atoms with Crippen LogP contribution in [0, 0.1) is 4.77 Å². The fourth-order valence-electron chi connectivity index (χ4n) is 3.60. The number of rotatable bonds is 8. The van der Waals surface area contributed by atoms with E-state index in [4.69, 9.17) is 12.2 Å². The molecule has 1 amide bonds. The average Bonchev–Trinajstić information content (AvgIpc) is 3.24. The minimum absolute atomic E-state index is 0.0740. The number of nitrogens with one attached hydrogen (secondary N) is 2. The number of benzene rings is 1. The third-order valence-corrected chi connectivity index (χ3v) is 7.60. The number of H-pyrrole nitrogens is 1. The van der Waals surface area contributed by atoms with Gasteiger partial charge >= 0.3 is 0 Å². The van der Waals surface area contributed by atoms with E-state index in [9.17, 15) is 13.2 Å². The summed E-state index contributed by atoms with van der Waals surface area (Å²) in [7, 11) is -3.40. The van der Waals surface area contributed by atoms with E-state index in [0.29, 0.717) is 48.2 Å². The van der Waals surface area contributed by atoms with Gasteiger partial charge in [0.25, 0.3) is 0 Å². The highest BCUT2D eigenvalue weighted by atomic mass is 32.2. The van der Waals surface area contributed by atoms with Crippen molar-refractivity contribution in [1.29, 1.82) is 0 Å². The van der Waals surface area contributed by atoms with Gasteiger partial charge in [-0.1, -0.05) is 12.1 Å². The van der Waals surface area contributed by atoms with E-state index in [1.165, 1.54) is 4.31 Å². The van der Waals surface area contributed by atoms with Gasteiger partial charge < -0.3 is 5.32 Å². The molecule has 1 saturated heterocycles. The first-order chi connectivity index (χ1) is 13.9. The van der Waals surface area contributed by atoms with Gasteiger partial charge in [0.05, 0.1) is 11.4 Å². The normalized spacial score (nSPS) is 17.5. The van der Waals surface area contributed by atoms with Crippen LogP contribution in [0.15, 0.2) is 29.2 Å². The van der Waals surface area contributed by atoms with Crippen LogP contribution in [0.2, 0.25) is 0 Å². The number of amides is 1. The van der Waals surface area contributed by atoms with Crippen LogP contribution in [0.3, 0.4) is 0 Å². The molecule has 2 N–H and O–H groups in total. The molecule has 8 nitrogen and oxygen atoms in total. The second-order valence-corrected chi connectivity index (χ2v) is 9.90. The summed E-state index contributed by atoms with van der Waals surface area (Å²) in [6, 6.07) is 7.24. The number of hydrogen-bond acceptors (Lipinski definition) is 5. The quantitative estimate of drug-likeness (QED) is 0.620. The molecule has 1 saturated carbocycles. The molecule has 0 unspecified atom stereocenters. The number of hydrogen-bond donors (Lipinski definition) is 2. The molecule has 156 valence electrons. The maximum Gasteiger partial charge on any atom is 0.243 e. The first-order valence-corrected chi connectivity index (χ1v) is 11.8. The van der Waals surface area contributed by atoms with Crippen molar-refractivity contribution < 1.29 is 13.2 Å². The van der Waals surface area contributed by atoms with Gasteiger partial charge in [0.15, 0.2) is 10.6 Å². The maximum atomic E-state index is 12.6. The monoisotopic (exact) mass is 435 g/mol. The van der Waals surface area contributed by atoms with E-state index < -0.39 is 10.0 Å². The summed E-state index contributed by atoms with van der Waals surface area (Å²) < 4.78 is 29.2. The lowest BCUT2D eigenvalue weighted by atomic mass is 10.1. The maximum absolute atomic E-state index is 12.6.